The Morgan fingerprint density at radius 2 is 1.92 bits per heavy atom. The predicted octanol–water partition coefficient (Wildman–Crippen LogP) is 4.04. The number of nitrogens with zero attached hydrogens (tertiary/aromatic N) is 5. The van der Waals surface area contributed by atoms with E-state index in [9.17, 15) is 9.50 Å². The summed E-state index contributed by atoms with van der Waals surface area (Å²) in [6.07, 6.45) is 7.37. The van der Waals surface area contributed by atoms with Gasteiger partial charge in [0.25, 0.3) is 0 Å². The molecule has 4 atom stereocenters. The van der Waals surface area contributed by atoms with Gasteiger partial charge in [-0.1, -0.05) is 12.5 Å². The van der Waals surface area contributed by atoms with Crippen LogP contribution in [0.2, 0.25) is 0 Å². The molecule has 3 aliphatic rings. The van der Waals surface area contributed by atoms with Gasteiger partial charge < -0.3 is 20.1 Å². The molecule has 3 aromatic rings. The zero-order valence-electron chi connectivity index (χ0n) is 19.9. The Hall–Kier alpha value is -3.40. The summed E-state index contributed by atoms with van der Waals surface area (Å²) in [5.41, 5.74) is 1.53. The highest BCUT2D eigenvalue weighted by Crippen LogP contribution is 2.39. The van der Waals surface area contributed by atoms with Gasteiger partial charge in [-0.25, -0.2) is 18.7 Å². The molecule has 2 aromatic heterocycles. The van der Waals surface area contributed by atoms with Crippen LogP contribution < -0.4 is 15.0 Å². The van der Waals surface area contributed by atoms with Gasteiger partial charge in [0.2, 0.25) is 11.8 Å². The Morgan fingerprint density at radius 3 is 2.64 bits per heavy atom. The summed E-state index contributed by atoms with van der Waals surface area (Å²) in [7, 11) is 1.45. The van der Waals surface area contributed by atoms with E-state index in [4.69, 9.17) is 4.74 Å². The molecule has 1 saturated carbocycles. The fourth-order valence-corrected chi connectivity index (χ4v) is 5.56. The summed E-state index contributed by atoms with van der Waals surface area (Å²) in [6.45, 7) is 0. The van der Waals surface area contributed by atoms with Gasteiger partial charge in [0.15, 0.2) is 0 Å². The number of phenols is 1. The van der Waals surface area contributed by atoms with Crippen LogP contribution in [0, 0.1) is 5.82 Å². The molecule has 1 aromatic carbocycles. The summed E-state index contributed by atoms with van der Waals surface area (Å²) in [5.74, 6) is 0.0902. The first-order valence-corrected chi connectivity index (χ1v) is 12.4. The minimum absolute atomic E-state index is 0.0828. The van der Waals surface area contributed by atoms with E-state index < -0.39 is 12.0 Å². The van der Waals surface area contributed by atoms with Crippen molar-refractivity contribution in [3.8, 4) is 34.0 Å². The number of ether oxygens (including phenoxy) is 1. The third kappa shape index (κ3) is 4.23. The number of methoxy groups -OCH3 is 1. The normalized spacial score (nSPS) is 25.4. The van der Waals surface area contributed by atoms with E-state index in [-0.39, 0.29) is 35.3 Å². The van der Waals surface area contributed by atoms with E-state index in [1.54, 1.807) is 18.3 Å². The summed E-state index contributed by atoms with van der Waals surface area (Å²) in [5, 5.41) is 22.8. The zero-order chi connectivity index (χ0) is 24.8. The summed E-state index contributed by atoms with van der Waals surface area (Å²) in [4.78, 5) is 10.4. The van der Waals surface area contributed by atoms with Crippen molar-refractivity contribution in [1.82, 2.24) is 25.5 Å². The molecule has 0 spiro atoms. The molecule has 4 heterocycles. The van der Waals surface area contributed by atoms with Gasteiger partial charge in [-0.3, -0.25) is 0 Å². The number of piperidine rings is 2. The first-order valence-electron chi connectivity index (χ1n) is 12.4. The van der Waals surface area contributed by atoms with Crippen molar-refractivity contribution in [2.75, 3.05) is 12.0 Å². The predicted molar refractivity (Wildman–Crippen MR) is 130 cm³/mol. The van der Waals surface area contributed by atoms with E-state index >= 15 is 4.39 Å². The average Bonchev–Trinajstić information content (AvgIpc) is 3.73. The van der Waals surface area contributed by atoms with Crippen molar-refractivity contribution in [3.63, 3.8) is 0 Å². The number of aromatic nitrogens is 4. The Labute approximate surface area is 207 Å². The maximum absolute atomic E-state index is 15.4. The minimum atomic E-state index is -0.978. The standard InChI is InChI=1S/C26H28F2N6O2/c1-36-24-11-18(19(27)12-29-24)14-5-8-17(23(35)9-14)21-13-30-26(33-32-21)34(16-6-7-16)22-10-15-3-2-4-20(31-15)25(22)28/h5,8-9,11-13,15-16,20,22,25,31,35H,2-4,6-7,10H2,1H3/t15-,20-,22-,25+/m0/s1. The Bertz CT molecular complexity index is 1260. The lowest BCUT2D eigenvalue weighted by Gasteiger charge is -2.46. The van der Waals surface area contributed by atoms with Crippen LogP contribution in [0.25, 0.3) is 22.4 Å². The van der Waals surface area contributed by atoms with Crippen molar-refractivity contribution in [3.05, 3.63) is 42.5 Å². The van der Waals surface area contributed by atoms with Crippen molar-refractivity contribution >= 4 is 5.95 Å². The van der Waals surface area contributed by atoms with Gasteiger partial charge in [0.1, 0.15) is 23.4 Å². The van der Waals surface area contributed by atoms with Gasteiger partial charge in [-0.15, -0.1) is 10.2 Å². The molecule has 188 valence electrons. The second kappa shape index (κ2) is 9.24. The Kier molecular flexibility index (Phi) is 5.91. The summed E-state index contributed by atoms with van der Waals surface area (Å²) >= 11 is 0. The number of rotatable bonds is 6. The fourth-order valence-electron chi connectivity index (χ4n) is 5.56. The molecular weight excluding hydrogens is 466 g/mol. The number of hydrogen-bond donors (Lipinski definition) is 2. The monoisotopic (exact) mass is 494 g/mol. The van der Waals surface area contributed by atoms with Gasteiger partial charge in [0.05, 0.1) is 25.5 Å². The highest BCUT2D eigenvalue weighted by molar-refractivity contribution is 5.74. The van der Waals surface area contributed by atoms with Crippen LogP contribution in [0.1, 0.15) is 38.5 Å². The SMILES string of the molecule is COc1cc(-c2ccc(-c3cnc(N(C4CC4)[C@H]4C[C@@H]5CCC[C@H](N5)[C@H]4F)nn3)c(O)c2)c(F)cn1. The molecule has 8 nitrogen and oxygen atoms in total. The second-order valence-electron chi connectivity index (χ2n) is 9.87. The molecule has 1 aliphatic carbocycles. The molecule has 2 bridgehead atoms. The minimum Gasteiger partial charge on any atom is -0.507 e. The fraction of sp³-hybridized carbons (Fsp3) is 0.462. The van der Waals surface area contributed by atoms with Crippen LogP contribution in [-0.4, -0.2) is 62.7 Å². The van der Waals surface area contributed by atoms with Crippen molar-refractivity contribution in [2.24, 2.45) is 0 Å². The number of alkyl halides is 1. The molecule has 2 N–H and O–H groups in total. The molecule has 0 radical (unpaired) electrons. The summed E-state index contributed by atoms with van der Waals surface area (Å²) in [6, 6.07) is 6.45. The second-order valence-corrected chi connectivity index (χ2v) is 9.87. The van der Waals surface area contributed by atoms with E-state index in [1.807, 2.05) is 4.90 Å². The molecule has 0 amide bonds. The highest BCUT2D eigenvalue weighted by Gasteiger charge is 2.47. The molecular formula is C26H28F2N6O2. The number of fused-ring (bicyclic) bond motifs is 2. The van der Waals surface area contributed by atoms with Crippen LogP contribution >= 0.6 is 0 Å². The molecule has 0 unspecified atom stereocenters. The molecule has 6 rings (SSSR count). The third-order valence-electron chi connectivity index (χ3n) is 7.50. The number of nitrogens with one attached hydrogen (secondary N) is 1. The van der Waals surface area contributed by atoms with Gasteiger partial charge in [0, 0.05) is 35.3 Å². The van der Waals surface area contributed by atoms with Crippen molar-refractivity contribution in [1.29, 1.82) is 0 Å². The molecule has 3 fully saturated rings. The molecule has 36 heavy (non-hydrogen) atoms. The number of aromatic hydroxyl groups is 1. The Balaban J connectivity index is 1.26. The number of pyridine rings is 1. The van der Waals surface area contributed by atoms with E-state index in [1.165, 1.54) is 19.2 Å². The number of halogens is 2. The quantitative estimate of drug-likeness (QED) is 0.530. The van der Waals surface area contributed by atoms with E-state index in [0.29, 0.717) is 28.8 Å². The lowest BCUT2D eigenvalue weighted by molar-refractivity contribution is 0.103. The topological polar surface area (TPSA) is 96.3 Å². The van der Waals surface area contributed by atoms with Gasteiger partial charge in [-0.05, 0) is 49.8 Å². The maximum atomic E-state index is 15.4. The van der Waals surface area contributed by atoms with E-state index in [0.717, 1.165) is 44.7 Å². The first kappa shape index (κ1) is 23.0. The number of hydrogen-bond acceptors (Lipinski definition) is 8. The number of benzene rings is 1. The van der Waals surface area contributed by atoms with Crippen LogP contribution in [-0.2, 0) is 0 Å². The van der Waals surface area contributed by atoms with E-state index in [2.05, 4.69) is 25.5 Å². The Morgan fingerprint density at radius 1 is 1.06 bits per heavy atom. The summed E-state index contributed by atoms with van der Waals surface area (Å²) < 4.78 is 34.8. The van der Waals surface area contributed by atoms with Gasteiger partial charge in [-0.2, -0.15) is 0 Å². The largest absolute Gasteiger partial charge is 0.507 e. The zero-order valence-corrected chi connectivity index (χ0v) is 19.9. The van der Waals surface area contributed by atoms with Gasteiger partial charge >= 0.3 is 0 Å². The van der Waals surface area contributed by atoms with Crippen LogP contribution in [0.4, 0.5) is 14.7 Å². The lowest BCUT2D eigenvalue weighted by atomic mass is 9.82. The smallest absolute Gasteiger partial charge is 0.245 e. The van der Waals surface area contributed by atoms with Crippen molar-refractivity contribution < 1.29 is 18.6 Å². The lowest BCUT2D eigenvalue weighted by Crippen LogP contribution is -2.62. The van der Waals surface area contributed by atoms with Crippen LogP contribution in [0.3, 0.4) is 0 Å². The highest BCUT2D eigenvalue weighted by atomic mass is 19.1. The molecule has 2 aliphatic heterocycles. The first-order chi connectivity index (χ1) is 17.5. The van der Waals surface area contributed by atoms with Crippen LogP contribution in [0.15, 0.2) is 36.7 Å². The third-order valence-corrected chi connectivity index (χ3v) is 7.50. The molecule has 2 saturated heterocycles. The van der Waals surface area contributed by atoms with Crippen LogP contribution in [0.5, 0.6) is 11.6 Å². The number of phenolic OH excluding ortho intramolecular Hbond substituents is 1. The molecule has 10 heteroatoms. The number of anilines is 1. The maximum Gasteiger partial charge on any atom is 0.245 e. The van der Waals surface area contributed by atoms with Crippen molar-refractivity contribution in [2.45, 2.75) is 68.9 Å². The average molecular weight is 495 g/mol.